The van der Waals surface area contributed by atoms with Crippen molar-refractivity contribution < 1.29 is 0 Å². The van der Waals surface area contributed by atoms with Crippen LogP contribution < -0.4 is 15.9 Å². The Kier molecular flexibility index (Phi) is 4.78. The van der Waals surface area contributed by atoms with Crippen LogP contribution in [0, 0.1) is 0 Å². The molecule has 3 aromatic carbocycles. The molecule has 0 aliphatic carbocycles. The molecule has 1 nitrogen and oxygen atoms in total. The number of benzene rings is 3. The van der Waals surface area contributed by atoms with E-state index in [2.05, 4.69) is 89.9 Å². The van der Waals surface area contributed by atoms with Crippen LogP contribution in [0.1, 0.15) is 5.56 Å². The molecule has 0 aromatic heterocycles. The van der Waals surface area contributed by atoms with Gasteiger partial charge in [-0.1, -0.05) is 84.9 Å². The zero-order valence-corrected chi connectivity index (χ0v) is 13.4. The molecule has 0 aliphatic rings. The molecule has 3 rings (SSSR count). The fraction of sp³-hybridized carbons (Fsp3) is 0.0500. The van der Waals surface area contributed by atoms with Gasteiger partial charge in [-0.25, -0.2) is 0 Å². The van der Waals surface area contributed by atoms with Gasteiger partial charge in [-0.05, 0) is 23.8 Å². The monoisotopic (exact) mass is 303 g/mol. The molecule has 0 radical (unpaired) electrons. The third kappa shape index (κ3) is 3.16. The zero-order chi connectivity index (χ0) is 15.2. The van der Waals surface area contributed by atoms with Gasteiger partial charge < -0.3 is 0 Å². The van der Waals surface area contributed by atoms with Crippen LogP contribution in [-0.4, -0.2) is 13.3 Å². The van der Waals surface area contributed by atoms with Crippen molar-refractivity contribution in [3.05, 3.63) is 90.5 Å². The Hall–Kier alpha value is -2.24. The molecule has 2 heteroatoms. The van der Waals surface area contributed by atoms with E-state index in [1.54, 1.807) is 0 Å². The first-order chi connectivity index (χ1) is 10.9. The van der Waals surface area contributed by atoms with Crippen molar-refractivity contribution in [1.82, 2.24) is 0 Å². The number of hydrogen-bond donors (Lipinski definition) is 0. The van der Waals surface area contributed by atoms with Crippen LogP contribution in [0.15, 0.2) is 89.9 Å². The standard InChI is InChI=1S/C20H18NP/c1-21-16-17-10-8-9-15-20(17)22(18-11-4-2-5-12-18)19-13-6-3-7-14-19/h2-16H,1H3/b21-16+. The number of aliphatic imine (C=N–C) groups is 1. The fourth-order valence-corrected chi connectivity index (χ4v) is 4.94. The fourth-order valence-electron chi connectivity index (χ4n) is 2.52. The molecule has 0 aliphatic heterocycles. The lowest BCUT2D eigenvalue weighted by molar-refractivity contribution is 1.47. The van der Waals surface area contributed by atoms with Gasteiger partial charge in [0.05, 0.1) is 0 Å². The minimum atomic E-state index is -0.570. The molecule has 0 heterocycles. The van der Waals surface area contributed by atoms with Gasteiger partial charge in [0.2, 0.25) is 0 Å². The summed E-state index contributed by atoms with van der Waals surface area (Å²) in [6.45, 7) is 0. The van der Waals surface area contributed by atoms with E-state index in [0.29, 0.717) is 0 Å². The van der Waals surface area contributed by atoms with Crippen LogP contribution in [-0.2, 0) is 0 Å². The van der Waals surface area contributed by atoms with Gasteiger partial charge in [0.15, 0.2) is 0 Å². The van der Waals surface area contributed by atoms with Gasteiger partial charge in [0.25, 0.3) is 0 Å². The predicted molar refractivity (Wildman–Crippen MR) is 98.7 cm³/mol. The zero-order valence-electron chi connectivity index (χ0n) is 12.6. The lowest BCUT2D eigenvalue weighted by atomic mass is 10.2. The maximum Gasteiger partial charge on any atom is 0.0288 e. The third-order valence-electron chi connectivity index (χ3n) is 3.47. The van der Waals surface area contributed by atoms with Crippen LogP contribution in [0.5, 0.6) is 0 Å². The molecule has 0 saturated heterocycles. The van der Waals surface area contributed by atoms with Gasteiger partial charge in [0, 0.05) is 18.8 Å². The summed E-state index contributed by atoms with van der Waals surface area (Å²) in [7, 11) is 1.25. The summed E-state index contributed by atoms with van der Waals surface area (Å²) in [4.78, 5) is 4.22. The van der Waals surface area contributed by atoms with Gasteiger partial charge in [0.1, 0.15) is 0 Å². The molecule has 0 N–H and O–H groups in total. The third-order valence-corrected chi connectivity index (χ3v) is 5.99. The van der Waals surface area contributed by atoms with Crippen LogP contribution in [0.4, 0.5) is 0 Å². The highest BCUT2D eigenvalue weighted by Crippen LogP contribution is 2.33. The highest BCUT2D eigenvalue weighted by molar-refractivity contribution is 7.80. The second kappa shape index (κ2) is 7.15. The molecule has 3 aromatic rings. The maximum atomic E-state index is 4.22. The smallest absolute Gasteiger partial charge is 0.0288 e. The summed E-state index contributed by atoms with van der Waals surface area (Å²) in [6.07, 6.45) is 1.95. The number of rotatable bonds is 4. The van der Waals surface area contributed by atoms with Crippen LogP contribution >= 0.6 is 7.92 Å². The predicted octanol–water partition coefficient (Wildman–Crippen LogP) is 3.49. The Balaban J connectivity index is 2.19. The summed E-state index contributed by atoms with van der Waals surface area (Å²) in [5, 5.41) is 4.07. The summed E-state index contributed by atoms with van der Waals surface area (Å²) >= 11 is 0. The molecule has 0 atom stereocenters. The van der Waals surface area contributed by atoms with E-state index in [9.17, 15) is 0 Å². The average Bonchev–Trinajstić information content (AvgIpc) is 2.59. The summed E-state index contributed by atoms with van der Waals surface area (Å²) in [5.74, 6) is 0. The summed E-state index contributed by atoms with van der Waals surface area (Å²) in [6, 6.07) is 30.0. The van der Waals surface area contributed by atoms with Crippen molar-refractivity contribution >= 4 is 30.0 Å². The lowest BCUT2D eigenvalue weighted by Gasteiger charge is -2.21. The van der Waals surface area contributed by atoms with Crippen LogP contribution in [0.25, 0.3) is 0 Å². The van der Waals surface area contributed by atoms with E-state index in [4.69, 9.17) is 0 Å². The Labute approximate surface area is 133 Å². The van der Waals surface area contributed by atoms with E-state index in [1.165, 1.54) is 21.5 Å². The van der Waals surface area contributed by atoms with Crippen LogP contribution in [0.3, 0.4) is 0 Å². The first kappa shape index (κ1) is 14.7. The highest BCUT2D eigenvalue weighted by Gasteiger charge is 2.18. The van der Waals surface area contributed by atoms with Gasteiger partial charge in [-0.3, -0.25) is 4.99 Å². The minimum Gasteiger partial charge on any atom is -0.296 e. The van der Waals surface area contributed by atoms with E-state index in [-0.39, 0.29) is 0 Å². The van der Waals surface area contributed by atoms with Crippen molar-refractivity contribution in [3.8, 4) is 0 Å². The molecule has 22 heavy (non-hydrogen) atoms. The minimum absolute atomic E-state index is 0.570. The van der Waals surface area contributed by atoms with E-state index < -0.39 is 7.92 Å². The lowest BCUT2D eigenvalue weighted by Crippen LogP contribution is -2.23. The van der Waals surface area contributed by atoms with E-state index in [1.807, 2.05) is 13.3 Å². The molecular weight excluding hydrogens is 285 g/mol. The van der Waals surface area contributed by atoms with Crippen molar-refractivity contribution in [2.45, 2.75) is 0 Å². The first-order valence-corrected chi connectivity index (χ1v) is 8.66. The second-order valence-electron chi connectivity index (χ2n) is 4.95. The maximum absolute atomic E-state index is 4.22. The number of hydrogen-bond acceptors (Lipinski definition) is 1. The summed E-state index contributed by atoms with van der Waals surface area (Å²) < 4.78 is 0. The number of nitrogens with zero attached hydrogens (tertiary/aromatic N) is 1. The quantitative estimate of drug-likeness (QED) is 0.517. The molecule has 0 saturated carbocycles. The molecule has 0 fully saturated rings. The van der Waals surface area contributed by atoms with Crippen LogP contribution in [0.2, 0.25) is 0 Å². The molecule has 108 valence electrons. The molecule has 0 spiro atoms. The average molecular weight is 303 g/mol. The largest absolute Gasteiger partial charge is 0.296 e. The van der Waals surface area contributed by atoms with Crippen molar-refractivity contribution in [3.63, 3.8) is 0 Å². The van der Waals surface area contributed by atoms with Crippen molar-refractivity contribution in [2.75, 3.05) is 7.05 Å². The Morgan fingerprint density at radius 3 is 1.73 bits per heavy atom. The normalized spacial score (nSPS) is 11.2. The molecular formula is C20H18NP. The van der Waals surface area contributed by atoms with Gasteiger partial charge in [-0.15, -0.1) is 0 Å². The Morgan fingerprint density at radius 1 is 0.682 bits per heavy atom. The molecule has 0 amide bonds. The van der Waals surface area contributed by atoms with E-state index in [0.717, 1.165) is 0 Å². The van der Waals surface area contributed by atoms with Gasteiger partial charge >= 0.3 is 0 Å². The topological polar surface area (TPSA) is 12.4 Å². The molecule has 0 unspecified atom stereocenters. The summed E-state index contributed by atoms with van der Waals surface area (Å²) in [5.41, 5.74) is 1.20. The van der Waals surface area contributed by atoms with Gasteiger partial charge in [-0.2, -0.15) is 0 Å². The highest BCUT2D eigenvalue weighted by atomic mass is 31.1. The van der Waals surface area contributed by atoms with Crippen molar-refractivity contribution in [2.24, 2.45) is 4.99 Å². The van der Waals surface area contributed by atoms with Crippen molar-refractivity contribution in [1.29, 1.82) is 0 Å². The Morgan fingerprint density at radius 2 is 1.18 bits per heavy atom. The van der Waals surface area contributed by atoms with E-state index >= 15 is 0 Å². The first-order valence-electron chi connectivity index (χ1n) is 7.31. The second-order valence-corrected chi connectivity index (χ2v) is 7.14. The Bertz CT molecular complexity index is 711. The molecule has 0 bridgehead atoms. The SMILES string of the molecule is C/N=C/c1ccccc1P(c1ccccc1)c1ccccc1.